The van der Waals surface area contributed by atoms with Gasteiger partial charge in [-0.25, -0.2) is 4.79 Å². The Kier molecular flexibility index (Phi) is 5.43. The molecular weight excluding hydrogens is 424 g/mol. The number of methoxy groups -OCH3 is 1. The first-order chi connectivity index (χ1) is 15.7. The number of esters is 1. The fourth-order valence-electron chi connectivity index (χ4n) is 3.56. The van der Waals surface area contributed by atoms with Crippen molar-refractivity contribution in [3.05, 3.63) is 84.2 Å². The van der Waals surface area contributed by atoms with Gasteiger partial charge < -0.3 is 14.1 Å². The van der Waals surface area contributed by atoms with Gasteiger partial charge in [-0.1, -0.05) is 60.3 Å². The Labute approximate surface area is 187 Å². The summed E-state index contributed by atoms with van der Waals surface area (Å²) >= 11 is 1.32. The molecule has 0 aliphatic carbocycles. The van der Waals surface area contributed by atoms with Crippen LogP contribution in [0.2, 0.25) is 0 Å². The number of rotatable bonds is 6. The smallest absolute Gasteiger partial charge is 0.340 e. The van der Waals surface area contributed by atoms with E-state index in [4.69, 9.17) is 14.1 Å². The average molecular weight is 443 g/mol. The number of hydrogen-bond donors (Lipinski definition) is 1. The zero-order valence-corrected chi connectivity index (χ0v) is 17.9. The standard InChI is InChI=1S/C24H18N4O3S/c1-30-23(29)21-19(14-32-24-28-27-22(31-24)18-12-7-13-25-18)26-17-11-6-5-10-16(17)20(21)15-8-3-2-4-9-15/h2-13,25H,14H2,1H3. The Balaban J connectivity index is 1.59. The molecule has 0 bridgehead atoms. The van der Waals surface area contributed by atoms with Crippen molar-refractivity contribution < 1.29 is 13.9 Å². The second-order valence-corrected chi connectivity index (χ2v) is 7.86. The molecule has 0 atom stereocenters. The van der Waals surface area contributed by atoms with Gasteiger partial charge in [-0.2, -0.15) is 0 Å². The molecule has 0 fully saturated rings. The van der Waals surface area contributed by atoms with Gasteiger partial charge in [0, 0.05) is 22.9 Å². The molecule has 8 heteroatoms. The lowest BCUT2D eigenvalue weighted by atomic mass is 9.94. The summed E-state index contributed by atoms with van der Waals surface area (Å²) in [6.45, 7) is 0. The van der Waals surface area contributed by atoms with E-state index in [1.165, 1.54) is 18.9 Å². The van der Waals surface area contributed by atoms with Crippen molar-refractivity contribution in [3.8, 4) is 22.7 Å². The molecule has 0 saturated carbocycles. The third-order valence-corrected chi connectivity index (χ3v) is 5.82. The number of carbonyl (C=O) groups excluding carboxylic acids is 1. The lowest BCUT2D eigenvalue weighted by Gasteiger charge is -2.15. The van der Waals surface area contributed by atoms with E-state index in [-0.39, 0.29) is 0 Å². The number of aromatic amines is 1. The molecule has 3 aromatic heterocycles. The number of para-hydroxylation sites is 1. The molecule has 0 unspecified atom stereocenters. The Morgan fingerprint density at radius 3 is 2.62 bits per heavy atom. The van der Waals surface area contributed by atoms with Crippen LogP contribution in [-0.4, -0.2) is 33.2 Å². The van der Waals surface area contributed by atoms with Crippen LogP contribution in [0.5, 0.6) is 0 Å². The molecule has 7 nitrogen and oxygen atoms in total. The van der Waals surface area contributed by atoms with Crippen molar-refractivity contribution in [2.75, 3.05) is 7.11 Å². The van der Waals surface area contributed by atoms with Crippen molar-refractivity contribution >= 4 is 28.6 Å². The van der Waals surface area contributed by atoms with Crippen LogP contribution < -0.4 is 0 Å². The Morgan fingerprint density at radius 1 is 1.03 bits per heavy atom. The first-order valence-corrected chi connectivity index (χ1v) is 10.9. The average Bonchev–Trinajstić information content (AvgIpc) is 3.54. The zero-order valence-electron chi connectivity index (χ0n) is 17.1. The summed E-state index contributed by atoms with van der Waals surface area (Å²) in [6, 6.07) is 21.3. The van der Waals surface area contributed by atoms with E-state index >= 15 is 0 Å². The maximum Gasteiger partial charge on any atom is 0.340 e. The normalized spacial score (nSPS) is 11.0. The molecule has 0 aliphatic rings. The van der Waals surface area contributed by atoms with E-state index in [0.717, 1.165) is 27.7 Å². The Morgan fingerprint density at radius 2 is 1.84 bits per heavy atom. The molecule has 158 valence electrons. The zero-order chi connectivity index (χ0) is 21.9. The highest BCUT2D eigenvalue weighted by atomic mass is 32.2. The number of carbonyl (C=O) groups is 1. The molecule has 1 N–H and O–H groups in total. The number of aromatic nitrogens is 4. The second kappa shape index (κ2) is 8.68. The van der Waals surface area contributed by atoms with Gasteiger partial charge >= 0.3 is 5.97 Å². The molecular formula is C24H18N4O3S. The fraction of sp³-hybridized carbons (Fsp3) is 0.0833. The number of fused-ring (bicyclic) bond motifs is 1. The van der Waals surface area contributed by atoms with Crippen LogP contribution in [0.3, 0.4) is 0 Å². The van der Waals surface area contributed by atoms with E-state index in [1.54, 1.807) is 6.20 Å². The topological polar surface area (TPSA) is 93.9 Å². The number of H-pyrrole nitrogens is 1. The summed E-state index contributed by atoms with van der Waals surface area (Å²) in [6.07, 6.45) is 1.79. The van der Waals surface area contributed by atoms with Crippen molar-refractivity contribution in [2.45, 2.75) is 11.0 Å². The molecule has 0 spiro atoms. The van der Waals surface area contributed by atoms with Gasteiger partial charge in [0.25, 0.3) is 11.1 Å². The molecule has 0 saturated heterocycles. The SMILES string of the molecule is COC(=O)c1c(CSc2nnc(-c3ccc[nH]3)o2)nc2ccccc2c1-c1ccccc1. The fourth-order valence-corrected chi connectivity index (χ4v) is 4.27. The van der Waals surface area contributed by atoms with Crippen LogP contribution in [0.1, 0.15) is 16.1 Å². The number of ether oxygens (including phenoxy) is 1. The maximum absolute atomic E-state index is 12.9. The summed E-state index contributed by atoms with van der Waals surface area (Å²) < 4.78 is 10.9. The highest BCUT2D eigenvalue weighted by Crippen LogP contribution is 2.36. The number of hydrogen-bond acceptors (Lipinski definition) is 7. The van der Waals surface area contributed by atoms with Crippen LogP contribution in [0.15, 0.2) is 82.6 Å². The minimum Gasteiger partial charge on any atom is -0.465 e. The number of thioether (sulfide) groups is 1. The first-order valence-electron chi connectivity index (χ1n) is 9.90. The number of pyridine rings is 1. The van der Waals surface area contributed by atoms with E-state index in [1.807, 2.05) is 66.7 Å². The second-order valence-electron chi connectivity index (χ2n) is 6.93. The molecule has 5 aromatic rings. The van der Waals surface area contributed by atoms with Gasteiger partial charge in [-0.05, 0) is 23.8 Å². The minimum absolute atomic E-state index is 0.363. The molecule has 32 heavy (non-hydrogen) atoms. The van der Waals surface area contributed by atoms with E-state index in [2.05, 4.69) is 15.2 Å². The molecule has 0 radical (unpaired) electrons. The summed E-state index contributed by atoms with van der Waals surface area (Å²) in [4.78, 5) is 20.7. The van der Waals surface area contributed by atoms with Gasteiger partial charge in [0.15, 0.2) is 0 Å². The van der Waals surface area contributed by atoms with Crippen LogP contribution >= 0.6 is 11.8 Å². The van der Waals surface area contributed by atoms with Crippen LogP contribution in [-0.2, 0) is 10.5 Å². The van der Waals surface area contributed by atoms with E-state index in [0.29, 0.717) is 28.1 Å². The van der Waals surface area contributed by atoms with E-state index in [9.17, 15) is 4.79 Å². The number of nitrogens with zero attached hydrogens (tertiary/aromatic N) is 3. The van der Waals surface area contributed by atoms with Gasteiger partial charge in [0.1, 0.15) is 5.69 Å². The van der Waals surface area contributed by atoms with Crippen molar-refractivity contribution in [1.29, 1.82) is 0 Å². The van der Waals surface area contributed by atoms with Gasteiger partial charge in [0.05, 0.1) is 23.9 Å². The molecule has 2 aromatic carbocycles. The van der Waals surface area contributed by atoms with Crippen molar-refractivity contribution in [2.24, 2.45) is 0 Å². The predicted molar refractivity (Wildman–Crippen MR) is 122 cm³/mol. The summed E-state index contributed by atoms with van der Waals surface area (Å²) in [5.41, 5.74) is 4.30. The number of benzene rings is 2. The largest absolute Gasteiger partial charge is 0.465 e. The van der Waals surface area contributed by atoms with Crippen LogP contribution in [0, 0.1) is 0 Å². The van der Waals surface area contributed by atoms with Crippen LogP contribution in [0.4, 0.5) is 0 Å². The van der Waals surface area contributed by atoms with Crippen molar-refractivity contribution in [1.82, 2.24) is 20.2 Å². The number of nitrogens with one attached hydrogen (secondary N) is 1. The van der Waals surface area contributed by atoms with Gasteiger partial charge in [-0.15, -0.1) is 10.2 Å². The quantitative estimate of drug-likeness (QED) is 0.279. The van der Waals surface area contributed by atoms with Gasteiger partial charge in [-0.3, -0.25) is 4.98 Å². The Hall–Kier alpha value is -3.91. The predicted octanol–water partition coefficient (Wildman–Crippen LogP) is 5.36. The van der Waals surface area contributed by atoms with Gasteiger partial charge in [0.2, 0.25) is 0 Å². The molecule has 0 aliphatic heterocycles. The Bertz CT molecular complexity index is 1380. The molecule has 0 amide bonds. The third-order valence-electron chi connectivity index (χ3n) is 4.99. The lowest BCUT2D eigenvalue weighted by molar-refractivity contribution is 0.0600. The third kappa shape index (κ3) is 3.76. The maximum atomic E-state index is 12.9. The lowest BCUT2D eigenvalue weighted by Crippen LogP contribution is -2.10. The van der Waals surface area contributed by atoms with E-state index < -0.39 is 5.97 Å². The minimum atomic E-state index is -0.435. The highest BCUT2D eigenvalue weighted by molar-refractivity contribution is 7.98. The summed E-state index contributed by atoms with van der Waals surface area (Å²) in [5, 5.41) is 9.47. The summed E-state index contributed by atoms with van der Waals surface area (Å²) in [7, 11) is 1.38. The molecule has 5 rings (SSSR count). The van der Waals surface area contributed by atoms with Crippen LogP contribution in [0.25, 0.3) is 33.6 Å². The first kappa shape index (κ1) is 20.0. The molecule has 3 heterocycles. The highest BCUT2D eigenvalue weighted by Gasteiger charge is 2.23. The summed E-state index contributed by atoms with van der Waals surface area (Å²) in [5.74, 6) is 0.332. The van der Waals surface area contributed by atoms with Crippen molar-refractivity contribution in [3.63, 3.8) is 0 Å². The monoisotopic (exact) mass is 442 g/mol.